The molecular weight excluding hydrogens is 405 g/mol. The number of halogens is 3. The first-order valence-corrected chi connectivity index (χ1v) is 9.34. The summed E-state index contributed by atoms with van der Waals surface area (Å²) in [5, 5.41) is 13.2. The molecule has 0 aliphatic rings. The molecule has 3 aromatic rings. The zero-order valence-electron chi connectivity index (χ0n) is 14.7. The molecule has 4 nitrogen and oxygen atoms in total. The molecule has 7 heteroatoms. The number of H-pyrrole nitrogens is 1. The highest BCUT2D eigenvalue weighted by Crippen LogP contribution is 2.28. The normalized spacial score (nSPS) is 10.6. The Morgan fingerprint density at radius 1 is 1.00 bits per heavy atom. The molecule has 0 bridgehead atoms. The van der Waals surface area contributed by atoms with Crippen LogP contribution in [0.2, 0.25) is 10.0 Å². The second-order valence-corrected chi connectivity index (χ2v) is 6.90. The van der Waals surface area contributed by atoms with E-state index in [0.717, 1.165) is 48.6 Å². The fourth-order valence-electron chi connectivity index (χ4n) is 2.70. The Bertz CT molecular complexity index is 867. The number of nitrogens with one attached hydrogen (secondary N) is 2. The van der Waals surface area contributed by atoms with Crippen LogP contribution in [0, 0.1) is 0 Å². The van der Waals surface area contributed by atoms with Crippen LogP contribution in [0.5, 0.6) is 0 Å². The van der Waals surface area contributed by atoms with E-state index < -0.39 is 0 Å². The molecule has 0 unspecified atom stereocenters. The van der Waals surface area contributed by atoms with E-state index in [1.54, 1.807) is 12.1 Å². The molecule has 3 rings (SSSR count). The van der Waals surface area contributed by atoms with Crippen LogP contribution in [0.25, 0.3) is 22.6 Å². The summed E-state index contributed by atoms with van der Waals surface area (Å²) >= 11 is 12.1. The number of aliphatic hydroxyl groups is 1. The van der Waals surface area contributed by atoms with Crippen molar-refractivity contribution in [1.82, 2.24) is 15.3 Å². The van der Waals surface area contributed by atoms with Gasteiger partial charge in [0.25, 0.3) is 0 Å². The molecular formula is C20H22Cl3N3O. The topological polar surface area (TPSA) is 60.9 Å². The van der Waals surface area contributed by atoms with Crippen molar-refractivity contribution in [2.24, 2.45) is 0 Å². The van der Waals surface area contributed by atoms with E-state index in [2.05, 4.69) is 33.5 Å². The minimum Gasteiger partial charge on any atom is -0.396 e. The molecule has 0 aliphatic carbocycles. The third kappa shape index (κ3) is 5.96. The number of imidazole rings is 1. The van der Waals surface area contributed by atoms with Crippen molar-refractivity contribution >= 4 is 35.6 Å². The van der Waals surface area contributed by atoms with Crippen molar-refractivity contribution in [1.29, 1.82) is 0 Å². The van der Waals surface area contributed by atoms with Gasteiger partial charge in [-0.25, -0.2) is 4.98 Å². The molecule has 0 amide bonds. The van der Waals surface area contributed by atoms with E-state index >= 15 is 0 Å². The highest BCUT2D eigenvalue weighted by molar-refractivity contribution is 6.42. The molecule has 27 heavy (non-hydrogen) atoms. The molecule has 0 saturated heterocycles. The van der Waals surface area contributed by atoms with Crippen LogP contribution >= 0.6 is 35.6 Å². The van der Waals surface area contributed by atoms with Crippen LogP contribution in [0.3, 0.4) is 0 Å². The van der Waals surface area contributed by atoms with Crippen molar-refractivity contribution in [2.75, 3.05) is 13.2 Å². The van der Waals surface area contributed by atoms with Gasteiger partial charge < -0.3 is 15.4 Å². The third-order valence-corrected chi connectivity index (χ3v) is 4.84. The monoisotopic (exact) mass is 425 g/mol. The van der Waals surface area contributed by atoms with Gasteiger partial charge in [0, 0.05) is 18.7 Å². The number of aliphatic hydroxyl groups excluding tert-OH is 1. The summed E-state index contributed by atoms with van der Waals surface area (Å²) in [5.74, 6) is 0.756. The Labute approximate surface area is 175 Å². The third-order valence-electron chi connectivity index (χ3n) is 4.10. The maximum Gasteiger partial charge on any atom is 0.137 e. The zero-order chi connectivity index (χ0) is 18.4. The second-order valence-electron chi connectivity index (χ2n) is 6.08. The highest BCUT2D eigenvalue weighted by atomic mass is 35.5. The highest BCUT2D eigenvalue weighted by Gasteiger charge is 2.08. The average molecular weight is 427 g/mol. The number of nitrogens with zero attached hydrogens (tertiary/aromatic N) is 1. The number of rotatable bonds is 8. The molecule has 0 fully saturated rings. The van der Waals surface area contributed by atoms with Gasteiger partial charge in [0.1, 0.15) is 5.82 Å². The number of aromatic amines is 1. The van der Waals surface area contributed by atoms with Gasteiger partial charge in [-0.15, -0.1) is 12.4 Å². The van der Waals surface area contributed by atoms with Crippen molar-refractivity contribution in [3.05, 3.63) is 64.3 Å². The maximum atomic E-state index is 8.81. The van der Waals surface area contributed by atoms with Gasteiger partial charge in [0.05, 0.1) is 21.9 Å². The van der Waals surface area contributed by atoms with Gasteiger partial charge in [-0.1, -0.05) is 41.4 Å². The van der Waals surface area contributed by atoms with Crippen LogP contribution in [0.15, 0.2) is 48.7 Å². The first-order chi connectivity index (χ1) is 12.7. The number of hydrogen-bond acceptors (Lipinski definition) is 3. The van der Waals surface area contributed by atoms with Crippen LogP contribution < -0.4 is 5.32 Å². The van der Waals surface area contributed by atoms with Crippen LogP contribution in [-0.4, -0.2) is 28.2 Å². The largest absolute Gasteiger partial charge is 0.396 e. The maximum absolute atomic E-state index is 8.81. The summed E-state index contributed by atoms with van der Waals surface area (Å²) < 4.78 is 0. The predicted octanol–water partition coefficient (Wildman–Crippen LogP) is 5.33. The van der Waals surface area contributed by atoms with Crippen LogP contribution in [0.4, 0.5) is 0 Å². The molecule has 144 valence electrons. The molecule has 1 aromatic heterocycles. The Morgan fingerprint density at radius 2 is 1.85 bits per heavy atom. The summed E-state index contributed by atoms with van der Waals surface area (Å²) in [6.45, 7) is 1.95. The Balaban J connectivity index is 0.00000261. The van der Waals surface area contributed by atoms with E-state index in [9.17, 15) is 0 Å². The molecule has 0 spiro atoms. The van der Waals surface area contributed by atoms with Gasteiger partial charge in [-0.3, -0.25) is 0 Å². The quantitative estimate of drug-likeness (QED) is 0.426. The number of unbranched alkanes of at least 4 members (excludes halogenated alkanes) is 1. The molecule has 0 aliphatic heterocycles. The number of aromatic nitrogens is 2. The van der Waals surface area contributed by atoms with E-state index in [1.807, 2.05) is 18.3 Å². The van der Waals surface area contributed by atoms with Crippen LogP contribution in [-0.2, 0) is 6.54 Å². The second kappa shape index (κ2) is 10.7. The molecule has 2 aromatic carbocycles. The van der Waals surface area contributed by atoms with E-state index in [4.69, 9.17) is 28.3 Å². The summed E-state index contributed by atoms with van der Waals surface area (Å²) in [5.41, 5.74) is 4.14. The molecule has 0 atom stereocenters. The van der Waals surface area contributed by atoms with Crippen molar-refractivity contribution in [3.63, 3.8) is 0 Å². The zero-order valence-corrected chi connectivity index (χ0v) is 17.0. The molecule has 3 N–H and O–H groups in total. The minimum atomic E-state index is 0. The first kappa shape index (κ1) is 21.7. The average Bonchev–Trinajstić information content (AvgIpc) is 3.14. The van der Waals surface area contributed by atoms with Gasteiger partial charge >= 0.3 is 0 Å². The van der Waals surface area contributed by atoms with E-state index in [-0.39, 0.29) is 19.0 Å². The fourth-order valence-corrected chi connectivity index (χ4v) is 3.00. The summed E-state index contributed by atoms with van der Waals surface area (Å²) in [6.07, 6.45) is 3.63. The molecule has 0 saturated carbocycles. The minimum absolute atomic E-state index is 0. The fraction of sp³-hybridized carbons (Fsp3) is 0.250. The number of benzene rings is 2. The lowest BCUT2D eigenvalue weighted by molar-refractivity contribution is 0.283. The lowest BCUT2D eigenvalue weighted by Crippen LogP contribution is -2.14. The lowest BCUT2D eigenvalue weighted by atomic mass is 10.1. The van der Waals surface area contributed by atoms with Gasteiger partial charge in [-0.05, 0) is 54.8 Å². The van der Waals surface area contributed by atoms with Crippen molar-refractivity contribution < 1.29 is 5.11 Å². The Kier molecular flexibility index (Phi) is 8.61. The molecule has 1 heterocycles. The standard InChI is InChI=1S/C20H21Cl2N3O.ClH/c21-17-7-6-16(11-18(17)22)20-24-13-19(25-20)15-5-3-4-14(10-15)12-23-8-1-2-9-26;/h3-7,10-11,13,23,26H,1-2,8-9,12H2,(H,24,25);1H. The van der Waals surface area contributed by atoms with E-state index in [1.165, 1.54) is 5.56 Å². The summed E-state index contributed by atoms with van der Waals surface area (Å²) in [4.78, 5) is 7.81. The summed E-state index contributed by atoms with van der Waals surface area (Å²) in [7, 11) is 0. The Morgan fingerprint density at radius 3 is 2.63 bits per heavy atom. The van der Waals surface area contributed by atoms with E-state index in [0.29, 0.717) is 10.0 Å². The Hall–Kier alpha value is -1.56. The smallest absolute Gasteiger partial charge is 0.137 e. The van der Waals surface area contributed by atoms with Gasteiger partial charge in [-0.2, -0.15) is 0 Å². The van der Waals surface area contributed by atoms with Crippen LogP contribution in [0.1, 0.15) is 18.4 Å². The summed E-state index contributed by atoms with van der Waals surface area (Å²) in [6, 6.07) is 13.8. The SMILES string of the molecule is Cl.OCCCCNCc1cccc(-c2cnc(-c3ccc(Cl)c(Cl)c3)[nH]2)c1. The van der Waals surface area contributed by atoms with Crippen molar-refractivity contribution in [2.45, 2.75) is 19.4 Å². The first-order valence-electron chi connectivity index (χ1n) is 8.58. The van der Waals surface area contributed by atoms with Crippen molar-refractivity contribution in [3.8, 4) is 22.6 Å². The predicted molar refractivity (Wildman–Crippen MR) is 115 cm³/mol. The lowest BCUT2D eigenvalue weighted by Gasteiger charge is -2.06. The number of hydrogen-bond donors (Lipinski definition) is 3. The molecule has 0 radical (unpaired) electrons. The van der Waals surface area contributed by atoms with Gasteiger partial charge in [0.15, 0.2) is 0 Å². The van der Waals surface area contributed by atoms with Gasteiger partial charge in [0.2, 0.25) is 0 Å².